The van der Waals surface area contributed by atoms with Crippen LogP contribution in [0.2, 0.25) is 0 Å². The van der Waals surface area contributed by atoms with Crippen LogP contribution in [0, 0.1) is 11.3 Å². The molecule has 0 spiro atoms. The third-order valence-electron chi connectivity index (χ3n) is 2.85. The van der Waals surface area contributed by atoms with Gasteiger partial charge in [-0.25, -0.2) is 0 Å². The molecule has 1 heteroatoms. The maximum absolute atomic E-state index is 9.28. The number of hydrogen-bond acceptors (Lipinski definition) is 1. The average molecular weight is 206 g/mol. The second-order valence-corrected chi connectivity index (χ2v) is 5.68. The molecular weight excluding hydrogens is 184 g/mol. The summed E-state index contributed by atoms with van der Waals surface area (Å²) in [4.78, 5) is 0. The van der Waals surface area contributed by atoms with Crippen molar-refractivity contribution in [1.82, 2.24) is 0 Å². The summed E-state index contributed by atoms with van der Waals surface area (Å²) < 4.78 is 0. The molecule has 0 aliphatic rings. The molecule has 0 amide bonds. The predicted octanol–water partition coefficient (Wildman–Crippen LogP) is 4.18. The zero-order valence-electron chi connectivity index (χ0n) is 10.4. The van der Waals surface area contributed by atoms with Crippen molar-refractivity contribution in [2.75, 3.05) is 0 Å². The first-order valence-electron chi connectivity index (χ1n) is 5.61. The zero-order valence-corrected chi connectivity index (χ0v) is 10.4. The van der Waals surface area contributed by atoms with Crippen molar-refractivity contribution < 1.29 is 5.11 Å². The topological polar surface area (TPSA) is 20.2 Å². The van der Waals surface area contributed by atoms with Crippen molar-refractivity contribution in [1.29, 1.82) is 0 Å². The molecule has 1 nitrogen and oxygen atoms in total. The Morgan fingerprint density at radius 3 is 1.80 bits per heavy atom. The maximum atomic E-state index is 9.28. The Morgan fingerprint density at radius 2 is 1.47 bits per heavy atom. The molecule has 1 aromatic rings. The first kappa shape index (κ1) is 12.1. The summed E-state index contributed by atoms with van der Waals surface area (Å²) in [7, 11) is 0. The van der Waals surface area contributed by atoms with E-state index in [2.05, 4.69) is 34.6 Å². The van der Waals surface area contributed by atoms with Gasteiger partial charge in [0.1, 0.15) is 5.75 Å². The van der Waals surface area contributed by atoms with Crippen molar-refractivity contribution in [3.8, 4) is 5.75 Å². The third-order valence-corrected chi connectivity index (χ3v) is 2.85. The van der Waals surface area contributed by atoms with Crippen LogP contribution in [0.4, 0.5) is 0 Å². The summed E-state index contributed by atoms with van der Waals surface area (Å²) in [6.45, 7) is 11.3. The molecular formula is C14H22O. The fourth-order valence-electron chi connectivity index (χ4n) is 2.57. The number of hydrogen-bond donors (Lipinski definition) is 1. The highest BCUT2D eigenvalue weighted by Gasteiger charge is 2.28. The van der Waals surface area contributed by atoms with E-state index in [1.54, 1.807) is 12.1 Å². The molecule has 0 aliphatic carbocycles. The smallest absolute Gasteiger partial charge is 0.115 e. The Balaban J connectivity index is 3.05. The molecule has 0 fully saturated rings. The van der Waals surface area contributed by atoms with Gasteiger partial charge in [-0.1, -0.05) is 46.8 Å². The second kappa shape index (κ2) is 4.26. The standard InChI is InChI=1S/C14H22O/c1-10(2)13(14(3,4)5)11-6-8-12(15)9-7-11/h6-10,13,15H,1-5H3. The average Bonchev–Trinajstić information content (AvgIpc) is 2.05. The number of rotatable bonds is 2. The van der Waals surface area contributed by atoms with Gasteiger partial charge in [0.25, 0.3) is 0 Å². The number of benzene rings is 1. The lowest BCUT2D eigenvalue weighted by atomic mass is 9.71. The van der Waals surface area contributed by atoms with Crippen molar-refractivity contribution in [3.63, 3.8) is 0 Å². The van der Waals surface area contributed by atoms with Crippen LogP contribution in [0.3, 0.4) is 0 Å². The zero-order chi connectivity index (χ0) is 11.6. The molecule has 0 bridgehead atoms. The van der Waals surface area contributed by atoms with E-state index >= 15 is 0 Å². The SMILES string of the molecule is CC(C)C(c1ccc(O)cc1)C(C)(C)C. The van der Waals surface area contributed by atoms with E-state index in [9.17, 15) is 5.11 Å². The number of aromatic hydroxyl groups is 1. The van der Waals surface area contributed by atoms with E-state index < -0.39 is 0 Å². The predicted molar refractivity (Wildman–Crippen MR) is 65.1 cm³/mol. The highest BCUT2D eigenvalue weighted by Crippen LogP contribution is 2.40. The Morgan fingerprint density at radius 1 is 1.00 bits per heavy atom. The van der Waals surface area contributed by atoms with Gasteiger partial charge in [-0.2, -0.15) is 0 Å². The Bertz CT molecular complexity index is 303. The fourth-order valence-corrected chi connectivity index (χ4v) is 2.57. The van der Waals surface area contributed by atoms with E-state index in [1.807, 2.05) is 12.1 Å². The quantitative estimate of drug-likeness (QED) is 0.769. The lowest BCUT2D eigenvalue weighted by Crippen LogP contribution is -2.23. The highest BCUT2D eigenvalue weighted by molar-refractivity contribution is 5.29. The molecule has 1 rings (SSSR count). The van der Waals surface area contributed by atoms with Gasteiger partial charge in [0.2, 0.25) is 0 Å². The summed E-state index contributed by atoms with van der Waals surface area (Å²) in [6, 6.07) is 7.61. The number of phenolic OH excluding ortho intramolecular Hbond substituents is 1. The van der Waals surface area contributed by atoms with Gasteiger partial charge in [-0.05, 0) is 34.9 Å². The largest absolute Gasteiger partial charge is 0.508 e. The molecule has 0 saturated heterocycles. The molecule has 0 radical (unpaired) electrons. The van der Waals surface area contributed by atoms with Crippen LogP contribution in [-0.4, -0.2) is 5.11 Å². The van der Waals surface area contributed by atoms with E-state index in [0.717, 1.165) is 0 Å². The minimum atomic E-state index is 0.255. The third kappa shape index (κ3) is 2.98. The van der Waals surface area contributed by atoms with Crippen LogP contribution in [0.25, 0.3) is 0 Å². The normalized spacial score (nSPS) is 14.3. The van der Waals surface area contributed by atoms with Crippen molar-refractivity contribution in [2.24, 2.45) is 11.3 Å². The molecule has 1 unspecified atom stereocenters. The molecule has 0 aromatic heterocycles. The molecule has 84 valence electrons. The fraction of sp³-hybridized carbons (Fsp3) is 0.571. The molecule has 0 saturated carbocycles. The Hall–Kier alpha value is -0.980. The van der Waals surface area contributed by atoms with Crippen LogP contribution in [0.1, 0.15) is 46.1 Å². The minimum absolute atomic E-state index is 0.255. The molecule has 1 atom stereocenters. The summed E-state index contributed by atoms with van der Waals surface area (Å²) in [5, 5.41) is 9.28. The van der Waals surface area contributed by atoms with Crippen LogP contribution >= 0.6 is 0 Å². The monoisotopic (exact) mass is 206 g/mol. The van der Waals surface area contributed by atoms with Crippen molar-refractivity contribution >= 4 is 0 Å². The Labute approximate surface area is 93.1 Å². The van der Waals surface area contributed by atoms with E-state index in [0.29, 0.717) is 17.6 Å². The lowest BCUT2D eigenvalue weighted by molar-refractivity contribution is 0.258. The van der Waals surface area contributed by atoms with Gasteiger partial charge in [0, 0.05) is 0 Å². The van der Waals surface area contributed by atoms with Crippen molar-refractivity contribution in [2.45, 2.75) is 40.5 Å². The van der Waals surface area contributed by atoms with Gasteiger partial charge >= 0.3 is 0 Å². The van der Waals surface area contributed by atoms with Crippen LogP contribution in [-0.2, 0) is 0 Å². The molecule has 15 heavy (non-hydrogen) atoms. The van der Waals surface area contributed by atoms with Gasteiger partial charge in [-0.3, -0.25) is 0 Å². The number of phenols is 1. The van der Waals surface area contributed by atoms with Gasteiger partial charge in [0.05, 0.1) is 0 Å². The minimum Gasteiger partial charge on any atom is -0.508 e. The first-order chi connectivity index (χ1) is 6.82. The van der Waals surface area contributed by atoms with E-state index in [4.69, 9.17) is 0 Å². The summed E-state index contributed by atoms with van der Waals surface area (Å²) in [6.07, 6.45) is 0. The van der Waals surface area contributed by atoms with Crippen LogP contribution < -0.4 is 0 Å². The van der Waals surface area contributed by atoms with Crippen molar-refractivity contribution in [3.05, 3.63) is 29.8 Å². The van der Waals surface area contributed by atoms with E-state index in [-0.39, 0.29) is 5.41 Å². The summed E-state index contributed by atoms with van der Waals surface area (Å²) >= 11 is 0. The second-order valence-electron chi connectivity index (χ2n) is 5.68. The molecule has 1 N–H and O–H groups in total. The molecule has 0 heterocycles. The Kier molecular flexibility index (Phi) is 3.43. The van der Waals surface area contributed by atoms with Crippen LogP contribution in [0.5, 0.6) is 5.75 Å². The first-order valence-corrected chi connectivity index (χ1v) is 5.61. The van der Waals surface area contributed by atoms with Gasteiger partial charge in [-0.15, -0.1) is 0 Å². The molecule has 0 aliphatic heterocycles. The summed E-state index contributed by atoms with van der Waals surface area (Å²) in [5.41, 5.74) is 1.57. The summed E-state index contributed by atoms with van der Waals surface area (Å²) in [5.74, 6) is 1.47. The van der Waals surface area contributed by atoms with E-state index in [1.165, 1.54) is 5.56 Å². The van der Waals surface area contributed by atoms with Gasteiger partial charge in [0.15, 0.2) is 0 Å². The highest BCUT2D eigenvalue weighted by atomic mass is 16.3. The lowest BCUT2D eigenvalue weighted by Gasteiger charge is -2.34. The van der Waals surface area contributed by atoms with Gasteiger partial charge < -0.3 is 5.11 Å². The van der Waals surface area contributed by atoms with Crippen LogP contribution in [0.15, 0.2) is 24.3 Å². The molecule has 1 aromatic carbocycles. The maximum Gasteiger partial charge on any atom is 0.115 e.